The van der Waals surface area contributed by atoms with Crippen LogP contribution in [0.1, 0.15) is 27.7 Å². The molecule has 0 heterocycles. The molecular weight excluding hydrogens is 260 g/mol. The summed E-state index contributed by atoms with van der Waals surface area (Å²) >= 11 is 0. The molecule has 0 amide bonds. The van der Waals surface area contributed by atoms with Gasteiger partial charge in [0.1, 0.15) is 0 Å². The van der Waals surface area contributed by atoms with Crippen LogP contribution in [0.3, 0.4) is 0 Å². The lowest BCUT2D eigenvalue weighted by molar-refractivity contribution is -0.408. The zero-order valence-electron chi connectivity index (χ0n) is 9.52. The van der Waals surface area contributed by atoms with Crippen LogP contribution in [0.15, 0.2) is 0 Å². The molecule has 8 heteroatoms. The first kappa shape index (κ1) is 16.4. The fourth-order valence-corrected chi connectivity index (χ4v) is 1.27. The van der Waals surface area contributed by atoms with Gasteiger partial charge in [-0.25, -0.2) is 8.78 Å². The fourth-order valence-electron chi connectivity index (χ4n) is 1.27. The molecule has 0 saturated carbocycles. The smallest absolute Gasteiger partial charge is 0.205 e. The summed E-state index contributed by atoms with van der Waals surface area (Å²) in [7, 11) is 0. The molecule has 0 fully saturated rings. The second kappa shape index (κ2) is 3.71. The van der Waals surface area contributed by atoms with Crippen LogP contribution >= 0.6 is 0 Å². The molecular formula is C9H12F8. The van der Waals surface area contributed by atoms with Crippen molar-refractivity contribution in [3.63, 3.8) is 0 Å². The average molecular weight is 272 g/mol. The predicted molar refractivity (Wildman–Crippen MR) is 44.6 cm³/mol. The van der Waals surface area contributed by atoms with Crippen molar-refractivity contribution in [2.24, 2.45) is 10.8 Å². The van der Waals surface area contributed by atoms with Crippen molar-refractivity contribution in [2.45, 2.75) is 46.0 Å². The van der Waals surface area contributed by atoms with E-state index in [0.29, 0.717) is 20.8 Å². The Kier molecular flexibility index (Phi) is 3.59. The predicted octanol–water partition coefficient (Wildman–Crippen LogP) is 4.80. The van der Waals surface area contributed by atoms with E-state index in [-0.39, 0.29) is 0 Å². The fraction of sp³-hybridized carbons (Fsp3) is 1.00. The van der Waals surface area contributed by atoms with E-state index >= 15 is 0 Å². The molecule has 17 heavy (non-hydrogen) atoms. The first-order valence-electron chi connectivity index (χ1n) is 4.51. The van der Waals surface area contributed by atoms with Gasteiger partial charge in [-0.1, -0.05) is 20.8 Å². The van der Waals surface area contributed by atoms with Crippen LogP contribution in [0.4, 0.5) is 35.1 Å². The largest absolute Gasteiger partial charge is 0.408 e. The van der Waals surface area contributed by atoms with Crippen LogP contribution in [-0.2, 0) is 0 Å². The lowest BCUT2D eigenvalue weighted by Gasteiger charge is -2.45. The third kappa shape index (κ3) is 2.22. The van der Waals surface area contributed by atoms with Gasteiger partial charge < -0.3 is 0 Å². The zero-order chi connectivity index (χ0) is 14.5. The van der Waals surface area contributed by atoms with Crippen molar-refractivity contribution in [3.8, 4) is 0 Å². The molecule has 0 bridgehead atoms. The van der Waals surface area contributed by atoms with Gasteiger partial charge in [0.05, 0.1) is 0 Å². The minimum atomic E-state index is -6.10. The first-order valence-corrected chi connectivity index (χ1v) is 4.51. The highest BCUT2D eigenvalue weighted by molar-refractivity contribution is 5.05. The molecule has 0 unspecified atom stereocenters. The summed E-state index contributed by atoms with van der Waals surface area (Å²) in [6.45, 7) is 1.37. The Morgan fingerprint density at radius 2 is 0.765 bits per heavy atom. The maximum Gasteiger partial charge on any atom is 0.408 e. The normalized spacial score (nSPS) is 16.2. The quantitative estimate of drug-likeness (QED) is 0.601. The van der Waals surface area contributed by atoms with E-state index in [1.165, 1.54) is 0 Å². The second-order valence-electron chi connectivity index (χ2n) is 4.94. The van der Waals surface area contributed by atoms with E-state index < -0.39 is 36.0 Å². The molecule has 0 nitrogen and oxygen atoms in total. The van der Waals surface area contributed by atoms with Gasteiger partial charge in [0, 0.05) is 5.41 Å². The van der Waals surface area contributed by atoms with Gasteiger partial charge >= 0.3 is 12.4 Å². The molecule has 104 valence electrons. The maximum absolute atomic E-state index is 13.5. The van der Waals surface area contributed by atoms with Gasteiger partial charge in [-0.15, -0.1) is 0 Å². The van der Waals surface area contributed by atoms with Gasteiger partial charge in [-0.2, -0.15) is 26.3 Å². The second-order valence-corrected chi connectivity index (χ2v) is 4.94. The number of halogens is 8. The van der Waals surface area contributed by atoms with Crippen LogP contribution < -0.4 is 0 Å². The summed E-state index contributed by atoms with van der Waals surface area (Å²) in [5, 5.41) is 0. The third-order valence-electron chi connectivity index (χ3n) is 2.70. The Morgan fingerprint density at radius 1 is 0.529 bits per heavy atom. The lowest BCUT2D eigenvalue weighted by atomic mass is 9.69. The SMILES string of the molecule is CC(C)(C)C(F)(F)C(C)(C(F)(F)F)C(F)(F)F. The molecule has 0 spiro atoms. The first-order chi connectivity index (χ1) is 7.00. The number of hydrogen-bond donors (Lipinski definition) is 0. The molecule has 0 rings (SSSR count). The number of rotatable bonds is 1. The summed E-state index contributed by atoms with van der Waals surface area (Å²) in [5.74, 6) is -4.99. The van der Waals surface area contributed by atoms with Crippen molar-refractivity contribution < 1.29 is 35.1 Å². The molecule has 0 aliphatic heterocycles. The molecule has 0 aliphatic rings. The van der Waals surface area contributed by atoms with Gasteiger partial charge in [-0.3, -0.25) is 0 Å². The Bertz CT molecular complexity index is 263. The highest BCUT2D eigenvalue weighted by Crippen LogP contribution is 2.63. The Hall–Kier alpha value is -0.560. The summed E-state index contributed by atoms with van der Waals surface area (Å²) < 4.78 is 102. The minimum absolute atomic E-state index is 0.516. The Morgan fingerprint density at radius 3 is 0.824 bits per heavy atom. The van der Waals surface area contributed by atoms with Gasteiger partial charge in [0.15, 0.2) is 0 Å². The van der Waals surface area contributed by atoms with Crippen LogP contribution in [-0.4, -0.2) is 18.3 Å². The number of hydrogen-bond acceptors (Lipinski definition) is 0. The highest BCUT2D eigenvalue weighted by atomic mass is 19.4. The van der Waals surface area contributed by atoms with E-state index in [4.69, 9.17) is 0 Å². The monoisotopic (exact) mass is 272 g/mol. The van der Waals surface area contributed by atoms with E-state index in [0.717, 1.165) is 0 Å². The molecule has 0 saturated heterocycles. The van der Waals surface area contributed by atoms with Crippen LogP contribution in [0.5, 0.6) is 0 Å². The van der Waals surface area contributed by atoms with Crippen LogP contribution in [0.25, 0.3) is 0 Å². The Labute approximate surface area is 93.0 Å². The van der Waals surface area contributed by atoms with Crippen molar-refractivity contribution in [1.82, 2.24) is 0 Å². The van der Waals surface area contributed by atoms with E-state index in [1.807, 2.05) is 0 Å². The van der Waals surface area contributed by atoms with E-state index in [2.05, 4.69) is 0 Å². The van der Waals surface area contributed by atoms with Crippen molar-refractivity contribution in [2.75, 3.05) is 0 Å². The molecule has 0 aromatic rings. The third-order valence-corrected chi connectivity index (χ3v) is 2.70. The summed E-state index contributed by atoms with van der Waals surface area (Å²) in [5.41, 5.74) is -7.56. The summed E-state index contributed by atoms with van der Waals surface area (Å²) in [6, 6.07) is 0. The molecule has 0 aliphatic carbocycles. The van der Waals surface area contributed by atoms with Crippen LogP contribution in [0.2, 0.25) is 0 Å². The molecule has 0 aromatic carbocycles. The maximum atomic E-state index is 13.5. The number of alkyl halides is 8. The van der Waals surface area contributed by atoms with Gasteiger partial charge in [0.2, 0.25) is 5.41 Å². The van der Waals surface area contributed by atoms with E-state index in [1.54, 1.807) is 0 Å². The summed E-state index contributed by atoms with van der Waals surface area (Å²) in [4.78, 5) is 0. The topological polar surface area (TPSA) is 0 Å². The average Bonchev–Trinajstić information content (AvgIpc) is 1.95. The van der Waals surface area contributed by atoms with Crippen molar-refractivity contribution in [3.05, 3.63) is 0 Å². The highest BCUT2D eigenvalue weighted by Gasteiger charge is 2.81. The standard InChI is InChI=1S/C9H12F8/c1-5(2,3)7(10,11)6(4,8(12,13)14)9(15,16)17/h1-4H3. The molecule has 0 radical (unpaired) electrons. The minimum Gasteiger partial charge on any atom is -0.205 e. The van der Waals surface area contributed by atoms with Gasteiger partial charge in [-0.05, 0) is 6.92 Å². The van der Waals surface area contributed by atoms with Gasteiger partial charge in [0.25, 0.3) is 5.92 Å². The lowest BCUT2D eigenvalue weighted by Crippen LogP contribution is -2.63. The van der Waals surface area contributed by atoms with Crippen LogP contribution in [0, 0.1) is 10.8 Å². The van der Waals surface area contributed by atoms with E-state index in [9.17, 15) is 35.1 Å². The Balaban J connectivity index is 6.04. The molecule has 0 atom stereocenters. The zero-order valence-corrected chi connectivity index (χ0v) is 9.52. The van der Waals surface area contributed by atoms with Crippen molar-refractivity contribution >= 4 is 0 Å². The molecule has 0 N–H and O–H groups in total. The summed E-state index contributed by atoms with van der Waals surface area (Å²) in [6.07, 6.45) is -12.2. The molecule has 0 aromatic heterocycles. The van der Waals surface area contributed by atoms with Crippen molar-refractivity contribution in [1.29, 1.82) is 0 Å².